The van der Waals surface area contributed by atoms with Crippen LogP contribution in [0.1, 0.15) is 17.2 Å². The molecule has 0 aliphatic carbocycles. The van der Waals surface area contributed by atoms with Crippen molar-refractivity contribution in [2.45, 2.75) is 16.6 Å². The van der Waals surface area contributed by atoms with Gasteiger partial charge in [0.1, 0.15) is 5.75 Å². The minimum atomic E-state index is -0.835. The number of ether oxygens (including phenoxy) is 1. The van der Waals surface area contributed by atoms with Gasteiger partial charge in [0.25, 0.3) is 0 Å². The minimum Gasteiger partial charge on any atom is -0.497 e. The molecule has 1 unspecified atom stereocenters. The van der Waals surface area contributed by atoms with Crippen molar-refractivity contribution < 1.29 is 14.6 Å². The van der Waals surface area contributed by atoms with Crippen LogP contribution in [0, 0.1) is 0 Å². The fourth-order valence-corrected chi connectivity index (χ4v) is 3.13. The average molecular weight is 303 g/mol. The Morgan fingerprint density at radius 2 is 1.90 bits per heavy atom. The van der Waals surface area contributed by atoms with Gasteiger partial charge in [-0.05, 0) is 29.8 Å². The van der Waals surface area contributed by atoms with E-state index in [0.717, 1.165) is 16.2 Å². The van der Waals surface area contributed by atoms with Gasteiger partial charge in [-0.1, -0.05) is 24.3 Å². The number of carboxylic acid groups (broad SMARTS) is 1. The molecular weight excluding hydrogens is 286 g/mol. The van der Waals surface area contributed by atoms with Gasteiger partial charge in [0.05, 0.1) is 13.5 Å². The molecule has 21 heavy (non-hydrogen) atoms. The van der Waals surface area contributed by atoms with Gasteiger partial charge in [-0.3, -0.25) is 4.79 Å². The Morgan fingerprint density at radius 3 is 2.48 bits per heavy atom. The number of nitrogen functional groups attached to an aromatic ring is 1. The first-order valence-corrected chi connectivity index (χ1v) is 7.35. The zero-order valence-corrected chi connectivity index (χ0v) is 12.5. The highest BCUT2D eigenvalue weighted by Crippen LogP contribution is 2.40. The van der Waals surface area contributed by atoms with Gasteiger partial charge in [0.15, 0.2) is 0 Å². The predicted octanol–water partition coefficient (Wildman–Crippen LogP) is 3.59. The number of hydrogen-bond donors (Lipinski definition) is 2. The van der Waals surface area contributed by atoms with E-state index in [-0.39, 0.29) is 11.7 Å². The summed E-state index contributed by atoms with van der Waals surface area (Å²) in [5.41, 5.74) is 7.53. The summed E-state index contributed by atoms with van der Waals surface area (Å²) in [5.74, 6) is -0.0881. The molecule has 3 N–H and O–H groups in total. The zero-order chi connectivity index (χ0) is 15.2. The summed E-state index contributed by atoms with van der Waals surface area (Å²) < 4.78 is 5.12. The number of rotatable bonds is 6. The fraction of sp³-hybridized carbons (Fsp3) is 0.188. The Hall–Kier alpha value is -2.14. The van der Waals surface area contributed by atoms with Gasteiger partial charge in [0, 0.05) is 15.8 Å². The van der Waals surface area contributed by atoms with Crippen molar-refractivity contribution >= 4 is 23.4 Å². The first kappa shape index (κ1) is 15.3. The third kappa shape index (κ3) is 4.16. The fourth-order valence-electron chi connectivity index (χ4n) is 1.95. The molecule has 0 saturated carbocycles. The molecule has 0 spiro atoms. The van der Waals surface area contributed by atoms with Crippen molar-refractivity contribution in [3.63, 3.8) is 0 Å². The van der Waals surface area contributed by atoms with Crippen LogP contribution in [0.15, 0.2) is 53.4 Å². The lowest BCUT2D eigenvalue weighted by atomic mass is 10.1. The number of nitrogens with two attached hydrogens (primary N) is 1. The highest BCUT2D eigenvalue weighted by Gasteiger charge is 2.18. The molecule has 4 nitrogen and oxygen atoms in total. The summed E-state index contributed by atoms with van der Waals surface area (Å²) in [7, 11) is 1.60. The number of thioether (sulfide) groups is 1. The van der Waals surface area contributed by atoms with Crippen LogP contribution in [0.3, 0.4) is 0 Å². The maximum Gasteiger partial charge on any atom is 0.304 e. The second-order valence-electron chi connectivity index (χ2n) is 4.52. The highest BCUT2D eigenvalue weighted by molar-refractivity contribution is 7.99. The number of carboxylic acids is 1. The first-order chi connectivity index (χ1) is 10.1. The lowest BCUT2D eigenvalue weighted by Crippen LogP contribution is -2.04. The smallest absolute Gasteiger partial charge is 0.304 e. The molecule has 110 valence electrons. The largest absolute Gasteiger partial charge is 0.497 e. The Morgan fingerprint density at radius 1 is 1.24 bits per heavy atom. The maximum absolute atomic E-state index is 11.1. The third-order valence-corrected chi connectivity index (χ3v) is 4.38. The zero-order valence-electron chi connectivity index (χ0n) is 11.7. The summed E-state index contributed by atoms with van der Waals surface area (Å²) in [5, 5.41) is 8.93. The van der Waals surface area contributed by atoms with E-state index < -0.39 is 5.97 Å². The van der Waals surface area contributed by atoms with Crippen LogP contribution in [0.2, 0.25) is 0 Å². The second kappa shape index (κ2) is 7.04. The lowest BCUT2D eigenvalue weighted by molar-refractivity contribution is -0.137. The van der Waals surface area contributed by atoms with Gasteiger partial charge in [0.2, 0.25) is 0 Å². The van der Waals surface area contributed by atoms with E-state index >= 15 is 0 Å². The van der Waals surface area contributed by atoms with Gasteiger partial charge in [-0.15, -0.1) is 11.8 Å². The number of benzene rings is 2. The van der Waals surface area contributed by atoms with Crippen molar-refractivity contribution in [1.82, 2.24) is 0 Å². The monoisotopic (exact) mass is 303 g/mol. The van der Waals surface area contributed by atoms with E-state index in [1.165, 1.54) is 11.8 Å². The summed E-state index contributed by atoms with van der Waals surface area (Å²) in [6.45, 7) is 0. The van der Waals surface area contributed by atoms with Crippen LogP contribution in [0.5, 0.6) is 5.75 Å². The average Bonchev–Trinajstić information content (AvgIpc) is 2.48. The number of methoxy groups -OCH3 is 1. The first-order valence-electron chi connectivity index (χ1n) is 6.47. The Kier molecular flexibility index (Phi) is 5.11. The molecular formula is C16H17NO3S. The quantitative estimate of drug-likeness (QED) is 0.630. The van der Waals surface area contributed by atoms with Crippen LogP contribution in [0.4, 0.5) is 5.69 Å². The molecule has 2 rings (SSSR count). The predicted molar refractivity (Wildman–Crippen MR) is 84.7 cm³/mol. The maximum atomic E-state index is 11.1. The minimum absolute atomic E-state index is 0.0331. The molecule has 0 aliphatic rings. The summed E-state index contributed by atoms with van der Waals surface area (Å²) in [6, 6.07) is 14.9. The number of aliphatic carboxylic acids is 1. The van der Waals surface area contributed by atoms with Crippen molar-refractivity contribution in [3.05, 3.63) is 54.1 Å². The van der Waals surface area contributed by atoms with Gasteiger partial charge in [-0.25, -0.2) is 0 Å². The standard InChI is InChI=1S/C16H17NO3S/c1-20-12-8-6-11(7-9-12)15(10-16(18)19)21-14-5-3-2-4-13(14)17/h2-9,15H,10,17H2,1H3,(H,18,19). The molecule has 2 aromatic carbocycles. The number of para-hydroxylation sites is 1. The Bertz CT molecular complexity index is 613. The molecule has 0 fully saturated rings. The molecule has 0 amide bonds. The van der Waals surface area contributed by atoms with Crippen molar-refractivity contribution in [2.24, 2.45) is 0 Å². The van der Waals surface area contributed by atoms with Crippen molar-refractivity contribution in [3.8, 4) is 5.75 Å². The van der Waals surface area contributed by atoms with E-state index in [1.54, 1.807) is 7.11 Å². The number of hydrogen-bond acceptors (Lipinski definition) is 4. The van der Waals surface area contributed by atoms with Gasteiger partial charge < -0.3 is 15.6 Å². The molecule has 0 saturated heterocycles. The molecule has 2 aromatic rings. The summed E-state index contributed by atoms with van der Waals surface area (Å²) >= 11 is 1.46. The molecule has 0 aromatic heterocycles. The number of carbonyl (C=O) groups is 1. The van der Waals surface area contributed by atoms with Crippen molar-refractivity contribution in [1.29, 1.82) is 0 Å². The number of anilines is 1. The highest BCUT2D eigenvalue weighted by atomic mass is 32.2. The van der Waals surface area contributed by atoms with Crippen LogP contribution in [-0.4, -0.2) is 18.2 Å². The van der Waals surface area contributed by atoms with Crippen molar-refractivity contribution in [2.75, 3.05) is 12.8 Å². The van der Waals surface area contributed by atoms with Crippen LogP contribution in [-0.2, 0) is 4.79 Å². The van der Waals surface area contributed by atoms with E-state index in [9.17, 15) is 4.79 Å². The van der Waals surface area contributed by atoms with E-state index in [4.69, 9.17) is 15.6 Å². The van der Waals surface area contributed by atoms with E-state index in [0.29, 0.717) is 5.69 Å². The topological polar surface area (TPSA) is 72.5 Å². The molecule has 1 atom stereocenters. The molecule has 0 radical (unpaired) electrons. The Balaban J connectivity index is 2.25. The van der Waals surface area contributed by atoms with Gasteiger partial charge in [-0.2, -0.15) is 0 Å². The van der Waals surface area contributed by atoms with Crippen LogP contribution < -0.4 is 10.5 Å². The third-order valence-electron chi connectivity index (χ3n) is 3.04. The molecule has 0 bridgehead atoms. The summed E-state index contributed by atoms with van der Waals surface area (Å²) in [4.78, 5) is 12.0. The van der Waals surface area contributed by atoms with E-state index in [2.05, 4.69) is 0 Å². The second-order valence-corrected chi connectivity index (χ2v) is 5.76. The molecule has 0 aliphatic heterocycles. The molecule has 5 heteroatoms. The Labute approximate surface area is 127 Å². The normalized spacial score (nSPS) is 11.9. The van der Waals surface area contributed by atoms with E-state index in [1.807, 2.05) is 48.5 Å². The van der Waals surface area contributed by atoms with Crippen LogP contribution >= 0.6 is 11.8 Å². The van der Waals surface area contributed by atoms with Gasteiger partial charge >= 0.3 is 5.97 Å². The molecule has 0 heterocycles. The summed E-state index contributed by atoms with van der Waals surface area (Å²) in [6.07, 6.45) is 0.0331. The van der Waals surface area contributed by atoms with Crippen LogP contribution in [0.25, 0.3) is 0 Å². The SMILES string of the molecule is COc1ccc(C(CC(=O)O)Sc2ccccc2N)cc1. The lowest BCUT2D eigenvalue weighted by Gasteiger charge is -2.16.